The van der Waals surface area contributed by atoms with E-state index in [2.05, 4.69) is 26.3 Å². The van der Waals surface area contributed by atoms with Crippen LogP contribution in [0.2, 0.25) is 18.1 Å². The zero-order chi connectivity index (χ0) is 10.9. The normalized spacial score (nSPS) is 10.6. The minimum atomic E-state index is -1.74. The molecule has 0 aliphatic heterocycles. The summed E-state index contributed by atoms with van der Waals surface area (Å²) in [6.45, 7) is 15.6. The highest BCUT2D eigenvalue weighted by molar-refractivity contribution is 6.75. The first-order valence-electron chi connectivity index (χ1n) is 4.82. The zero-order valence-electron chi connectivity index (χ0n) is 8.87. The third-order valence-corrected chi connectivity index (χ3v) is 5.93. The molecule has 0 amide bonds. The van der Waals surface area contributed by atoms with Crippen LogP contribution < -0.4 is 0 Å². The molecule has 0 saturated heterocycles. The van der Waals surface area contributed by atoms with Crippen molar-refractivity contribution in [2.45, 2.75) is 18.1 Å². The van der Waals surface area contributed by atoms with Gasteiger partial charge in [0.1, 0.15) is 0 Å². The lowest BCUT2D eigenvalue weighted by molar-refractivity contribution is 0.348. The topological polar surface area (TPSA) is 9.23 Å². The van der Waals surface area contributed by atoms with Crippen LogP contribution in [0.4, 0.5) is 0 Å². The third kappa shape index (κ3) is 4.39. The van der Waals surface area contributed by atoms with Crippen LogP contribution in [0.15, 0.2) is 50.6 Å². The molecule has 0 unspecified atom stereocenters. The maximum absolute atomic E-state index is 5.91. The zero-order valence-corrected chi connectivity index (χ0v) is 9.87. The van der Waals surface area contributed by atoms with Gasteiger partial charge in [0.05, 0.1) is 6.61 Å². The van der Waals surface area contributed by atoms with Gasteiger partial charge in [0.15, 0.2) is 0 Å². The van der Waals surface area contributed by atoms with Crippen LogP contribution in [0, 0.1) is 0 Å². The summed E-state index contributed by atoms with van der Waals surface area (Å²) in [5.41, 5.74) is 0. The highest BCUT2D eigenvalue weighted by Gasteiger charge is 2.30. The van der Waals surface area contributed by atoms with Gasteiger partial charge in [-0.15, -0.1) is 26.3 Å². The molecule has 14 heavy (non-hydrogen) atoms. The predicted octanol–water partition coefficient (Wildman–Crippen LogP) is 3.69. The van der Waals surface area contributed by atoms with Gasteiger partial charge in [0.2, 0.25) is 8.32 Å². The molecule has 0 bridgehead atoms. The van der Waals surface area contributed by atoms with E-state index in [1.165, 1.54) is 0 Å². The summed E-state index contributed by atoms with van der Waals surface area (Å²) in [5, 5.41) is 0. The second-order valence-corrected chi connectivity index (χ2v) is 7.14. The molecule has 0 aromatic carbocycles. The van der Waals surface area contributed by atoms with E-state index < -0.39 is 8.32 Å². The first-order chi connectivity index (χ1) is 6.74. The first-order valence-corrected chi connectivity index (χ1v) is 7.35. The highest BCUT2D eigenvalue weighted by Crippen LogP contribution is 2.23. The van der Waals surface area contributed by atoms with Crippen molar-refractivity contribution in [1.29, 1.82) is 0 Å². The Labute approximate surface area is 88.6 Å². The Hall–Kier alpha value is -0.863. The van der Waals surface area contributed by atoms with Crippen LogP contribution >= 0.6 is 0 Å². The first kappa shape index (κ1) is 13.1. The van der Waals surface area contributed by atoms with E-state index >= 15 is 0 Å². The molecule has 0 spiro atoms. The Morgan fingerprint density at radius 1 is 0.786 bits per heavy atom. The molecule has 2 heteroatoms. The molecule has 1 nitrogen and oxygen atoms in total. The lowest BCUT2D eigenvalue weighted by Crippen LogP contribution is -2.36. The summed E-state index contributed by atoms with van der Waals surface area (Å²) in [4.78, 5) is 0. The van der Waals surface area contributed by atoms with Crippen molar-refractivity contribution in [3.8, 4) is 0 Å². The maximum atomic E-state index is 5.91. The fourth-order valence-electron chi connectivity index (χ4n) is 1.45. The Morgan fingerprint density at radius 3 is 1.50 bits per heavy atom. The molecule has 0 rings (SSSR count). The lowest BCUT2D eigenvalue weighted by atomic mass is 10.7. The minimum Gasteiger partial charge on any atom is -0.412 e. The van der Waals surface area contributed by atoms with Crippen LogP contribution in [0.25, 0.3) is 0 Å². The average molecular weight is 208 g/mol. The van der Waals surface area contributed by atoms with Crippen LogP contribution in [0.1, 0.15) is 0 Å². The average Bonchev–Trinajstić information content (AvgIpc) is 2.16. The molecule has 0 radical (unpaired) electrons. The number of allylic oxidation sites excluding steroid dienone is 3. The fourth-order valence-corrected chi connectivity index (χ4v) is 4.35. The van der Waals surface area contributed by atoms with Crippen molar-refractivity contribution in [3.05, 3.63) is 50.6 Å². The summed E-state index contributed by atoms with van der Waals surface area (Å²) in [6.07, 6.45) is 7.59. The summed E-state index contributed by atoms with van der Waals surface area (Å²) in [7, 11) is -1.74. The van der Waals surface area contributed by atoms with Gasteiger partial charge in [-0.3, -0.25) is 0 Å². The molecular weight excluding hydrogens is 188 g/mol. The van der Waals surface area contributed by atoms with Crippen molar-refractivity contribution in [2.24, 2.45) is 0 Å². The van der Waals surface area contributed by atoms with Gasteiger partial charge >= 0.3 is 0 Å². The Morgan fingerprint density at radius 2 is 1.21 bits per heavy atom. The number of hydrogen-bond acceptors (Lipinski definition) is 1. The van der Waals surface area contributed by atoms with Crippen LogP contribution in [0.3, 0.4) is 0 Å². The van der Waals surface area contributed by atoms with Gasteiger partial charge in [-0.25, -0.2) is 0 Å². The molecule has 0 aromatic heterocycles. The van der Waals surface area contributed by atoms with Crippen molar-refractivity contribution in [3.63, 3.8) is 0 Å². The summed E-state index contributed by atoms with van der Waals surface area (Å²) >= 11 is 0. The van der Waals surface area contributed by atoms with Crippen molar-refractivity contribution in [2.75, 3.05) is 6.61 Å². The molecule has 0 saturated carbocycles. The van der Waals surface area contributed by atoms with Gasteiger partial charge in [-0.1, -0.05) is 24.3 Å². The van der Waals surface area contributed by atoms with Crippen molar-refractivity contribution < 1.29 is 4.43 Å². The molecule has 0 atom stereocenters. The quantitative estimate of drug-likeness (QED) is 0.415. The lowest BCUT2D eigenvalue weighted by Gasteiger charge is -2.27. The SMILES string of the molecule is C=CCO[Si](CC=C)(CC=C)CC=C. The Kier molecular flexibility index (Phi) is 7.07. The fraction of sp³-hybridized carbons (Fsp3) is 0.333. The molecule has 0 fully saturated rings. The van der Waals surface area contributed by atoms with Crippen LogP contribution in [-0.2, 0) is 4.43 Å². The summed E-state index contributed by atoms with van der Waals surface area (Å²) in [6, 6.07) is 2.83. The van der Waals surface area contributed by atoms with E-state index in [4.69, 9.17) is 4.43 Å². The van der Waals surface area contributed by atoms with Crippen molar-refractivity contribution >= 4 is 8.32 Å². The van der Waals surface area contributed by atoms with E-state index in [-0.39, 0.29) is 0 Å². The van der Waals surface area contributed by atoms with Gasteiger partial charge in [-0.05, 0) is 18.1 Å². The van der Waals surface area contributed by atoms with E-state index in [0.29, 0.717) is 6.61 Å². The predicted molar refractivity (Wildman–Crippen MR) is 66.9 cm³/mol. The molecular formula is C12H20OSi. The molecule has 78 valence electrons. The smallest absolute Gasteiger partial charge is 0.204 e. The summed E-state index contributed by atoms with van der Waals surface area (Å²) < 4.78 is 5.91. The van der Waals surface area contributed by atoms with Gasteiger partial charge in [-0.2, -0.15) is 0 Å². The van der Waals surface area contributed by atoms with Gasteiger partial charge < -0.3 is 4.43 Å². The Bertz CT molecular complexity index is 182. The van der Waals surface area contributed by atoms with E-state index in [1.807, 2.05) is 18.2 Å². The molecule has 0 N–H and O–H groups in total. The van der Waals surface area contributed by atoms with Gasteiger partial charge in [0, 0.05) is 0 Å². The second kappa shape index (κ2) is 7.53. The molecule has 0 aliphatic rings. The van der Waals surface area contributed by atoms with E-state index in [1.54, 1.807) is 6.08 Å². The van der Waals surface area contributed by atoms with Crippen LogP contribution in [-0.4, -0.2) is 14.9 Å². The molecule has 0 aromatic rings. The third-order valence-electron chi connectivity index (χ3n) is 2.06. The maximum Gasteiger partial charge on any atom is 0.204 e. The molecule has 0 heterocycles. The standard InChI is InChI=1S/C12H20OSi/c1-5-9-13-14(10-6-2,11-7-3)12-8-4/h5-8H,1-4,9-12H2. The number of hydrogen-bond donors (Lipinski definition) is 0. The van der Waals surface area contributed by atoms with E-state index in [9.17, 15) is 0 Å². The second-order valence-electron chi connectivity index (χ2n) is 3.26. The van der Waals surface area contributed by atoms with Crippen LogP contribution in [0.5, 0.6) is 0 Å². The Balaban J connectivity index is 4.50. The summed E-state index contributed by atoms with van der Waals surface area (Å²) in [5.74, 6) is 0. The monoisotopic (exact) mass is 208 g/mol. The minimum absolute atomic E-state index is 0.613. The highest BCUT2D eigenvalue weighted by atomic mass is 28.4. The molecule has 0 aliphatic carbocycles. The van der Waals surface area contributed by atoms with Gasteiger partial charge in [0.25, 0.3) is 0 Å². The van der Waals surface area contributed by atoms with Crippen molar-refractivity contribution in [1.82, 2.24) is 0 Å². The largest absolute Gasteiger partial charge is 0.412 e. The number of rotatable bonds is 9. The van der Waals surface area contributed by atoms with E-state index in [0.717, 1.165) is 18.1 Å².